The number of aryl methyl sites for hydroxylation is 1. The predicted molar refractivity (Wildman–Crippen MR) is 119 cm³/mol. The average molecular weight is 434 g/mol. The zero-order valence-electron chi connectivity index (χ0n) is 18.4. The molecule has 1 aromatic carbocycles. The summed E-state index contributed by atoms with van der Waals surface area (Å²) in [6, 6.07) is 15.1. The Morgan fingerprint density at radius 3 is 2.56 bits per heavy atom. The van der Waals surface area contributed by atoms with Crippen LogP contribution in [-0.4, -0.2) is 46.6 Å². The van der Waals surface area contributed by atoms with E-state index >= 15 is 0 Å². The molecule has 1 aliphatic heterocycles. The molecule has 0 bridgehead atoms. The van der Waals surface area contributed by atoms with Crippen molar-refractivity contribution in [1.82, 2.24) is 15.0 Å². The summed E-state index contributed by atoms with van der Waals surface area (Å²) in [5.41, 5.74) is 2.52. The SMILES string of the molecule is CCOC(=O)C1(Cc2cc(-c3ccccc3C)no2)CCN(C(=O)c2ccccn2)CC1. The van der Waals surface area contributed by atoms with E-state index in [1.165, 1.54) is 0 Å². The summed E-state index contributed by atoms with van der Waals surface area (Å²) in [6.45, 7) is 5.04. The van der Waals surface area contributed by atoms with Crippen molar-refractivity contribution >= 4 is 11.9 Å². The van der Waals surface area contributed by atoms with Crippen molar-refractivity contribution in [1.29, 1.82) is 0 Å². The van der Waals surface area contributed by atoms with Crippen LogP contribution in [0.4, 0.5) is 0 Å². The van der Waals surface area contributed by atoms with Crippen LogP contribution in [0.15, 0.2) is 59.3 Å². The third-order valence-corrected chi connectivity index (χ3v) is 6.09. The van der Waals surface area contributed by atoms with Crippen molar-refractivity contribution in [2.75, 3.05) is 19.7 Å². The molecule has 32 heavy (non-hydrogen) atoms. The Morgan fingerprint density at radius 2 is 1.88 bits per heavy atom. The maximum atomic E-state index is 13.0. The molecule has 4 rings (SSSR count). The first kappa shape index (κ1) is 21.7. The molecule has 1 amide bonds. The number of aromatic nitrogens is 2. The molecule has 0 spiro atoms. The van der Waals surface area contributed by atoms with Gasteiger partial charge in [-0.05, 0) is 44.4 Å². The zero-order chi connectivity index (χ0) is 22.6. The Hall–Kier alpha value is -3.48. The summed E-state index contributed by atoms with van der Waals surface area (Å²) in [5.74, 6) is 0.268. The zero-order valence-corrected chi connectivity index (χ0v) is 18.4. The number of carbonyl (C=O) groups is 2. The van der Waals surface area contributed by atoms with E-state index < -0.39 is 5.41 Å². The second kappa shape index (κ2) is 9.34. The smallest absolute Gasteiger partial charge is 0.312 e. The van der Waals surface area contributed by atoms with Crippen LogP contribution in [0.2, 0.25) is 0 Å². The van der Waals surface area contributed by atoms with Gasteiger partial charge in [0.25, 0.3) is 5.91 Å². The van der Waals surface area contributed by atoms with E-state index in [9.17, 15) is 9.59 Å². The van der Waals surface area contributed by atoms with Crippen LogP contribution in [0, 0.1) is 12.3 Å². The van der Waals surface area contributed by atoms with Crippen molar-refractivity contribution in [2.45, 2.75) is 33.1 Å². The number of pyridine rings is 1. The quantitative estimate of drug-likeness (QED) is 0.545. The molecular formula is C25H27N3O4. The molecule has 3 aromatic rings. The fourth-order valence-corrected chi connectivity index (χ4v) is 4.24. The van der Waals surface area contributed by atoms with Gasteiger partial charge in [-0.3, -0.25) is 14.6 Å². The molecule has 0 N–H and O–H groups in total. The summed E-state index contributed by atoms with van der Waals surface area (Å²) in [4.78, 5) is 31.7. The van der Waals surface area contributed by atoms with Crippen LogP contribution >= 0.6 is 0 Å². The number of hydrogen-bond acceptors (Lipinski definition) is 6. The first-order valence-electron chi connectivity index (χ1n) is 10.9. The lowest BCUT2D eigenvalue weighted by atomic mass is 9.74. The molecule has 0 aliphatic carbocycles. The lowest BCUT2D eigenvalue weighted by Gasteiger charge is -2.39. The number of piperidine rings is 1. The van der Waals surface area contributed by atoms with E-state index in [-0.39, 0.29) is 11.9 Å². The van der Waals surface area contributed by atoms with Gasteiger partial charge in [0.1, 0.15) is 17.1 Å². The summed E-state index contributed by atoms with van der Waals surface area (Å²) < 4.78 is 11.1. The maximum Gasteiger partial charge on any atom is 0.312 e. The molecule has 7 heteroatoms. The third-order valence-electron chi connectivity index (χ3n) is 6.09. The van der Waals surface area contributed by atoms with Gasteiger partial charge in [0.05, 0.1) is 12.0 Å². The third kappa shape index (κ3) is 4.42. The van der Waals surface area contributed by atoms with Gasteiger partial charge in [-0.1, -0.05) is 35.5 Å². The highest BCUT2D eigenvalue weighted by atomic mass is 16.5. The molecule has 0 unspecified atom stereocenters. The van der Waals surface area contributed by atoms with E-state index in [1.54, 1.807) is 36.2 Å². The summed E-state index contributed by atoms with van der Waals surface area (Å²) in [5, 5.41) is 4.23. The summed E-state index contributed by atoms with van der Waals surface area (Å²) in [6.07, 6.45) is 2.97. The van der Waals surface area contributed by atoms with Crippen LogP contribution in [0.5, 0.6) is 0 Å². The highest BCUT2D eigenvalue weighted by Gasteiger charge is 2.44. The molecule has 166 valence electrons. The molecule has 1 aliphatic rings. The topological polar surface area (TPSA) is 85.5 Å². The van der Waals surface area contributed by atoms with E-state index in [1.807, 2.05) is 37.3 Å². The standard InChI is InChI=1S/C25H27N3O4/c1-3-31-24(30)25(11-14-28(15-12-25)23(29)21-10-6-7-13-26-21)17-19-16-22(27-32-19)20-9-5-4-8-18(20)2/h4-10,13,16H,3,11-12,14-15,17H2,1-2H3. The number of ether oxygens (including phenoxy) is 1. The maximum absolute atomic E-state index is 13.0. The monoisotopic (exact) mass is 433 g/mol. The minimum atomic E-state index is -0.751. The number of nitrogens with zero attached hydrogens (tertiary/aromatic N) is 3. The Labute approximate surface area is 187 Å². The van der Waals surface area contributed by atoms with Gasteiger partial charge in [-0.25, -0.2) is 0 Å². The van der Waals surface area contributed by atoms with Crippen molar-refractivity contribution in [3.63, 3.8) is 0 Å². The van der Waals surface area contributed by atoms with Gasteiger partial charge in [0, 0.05) is 37.3 Å². The lowest BCUT2D eigenvalue weighted by Crippen LogP contribution is -2.48. The number of benzene rings is 1. The summed E-state index contributed by atoms with van der Waals surface area (Å²) in [7, 11) is 0. The first-order valence-corrected chi connectivity index (χ1v) is 10.9. The van der Waals surface area contributed by atoms with Crippen LogP contribution < -0.4 is 0 Å². The van der Waals surface area contributed by atoms with E-state index in [4.69, 9.17) is 9.26 Å². The normalized spacial score (nSPS) is 15.4. The van der Waals surface area contributed by atoms with Crippen LogP contribution in [0.1, 0.15) is 41.6 Å². The van der Waals surface area contributed by atoms with E-state index in [0.29, 0.717) is 50.4 Å². The van der Waals surface area contributed by atoms with E-state index in [0.717, 1.165) is 16.8 Å². The van der Waals surface area contributed by atoms with E-state index in [2.05, 4.69) is 10.1 Å². The van der Waals surface area contributed by atoms with Crippen molar-refractivity contribution in [3.8, 4) is 11.3 Å². The Kier molecular flexibility index (Phi) is 6.35. The fraction of sp³-hybridized carbons (Fsp3) is 0.360. The molecule has 3 heterocycles. The van der Waals surface area contributed by atoms with Gasteiger partial charge >= 0.3 is 5.97 Å². The predicted octanol–water partition coefficient (Wildman–Crippen LogP) is 4.07. The van der Waals surface area contributed by atoms with Gasteiger partial charge in [0.15, 0.2) is 0 Å². The fourth-order valence-electron chi connectivity index (χ4n) is 4.24. The Bertz CT molecular complexity index is 1090. The van der Waals surface area contributed by atoms with Crippen molar-refractivity contribution < 1.29 is 18.8 Å². The van der Waals surface area contributed by atoms with Gasteiger partial charge in [0.2, 0.25) is 0 Å². The molecule has 0 atom stereocenters. The lowest BCUT2D eigenvalue weighted by molar-refractivity contribution is -0.158. The largest absolute Gasteiger partial charge is 0.466 e. The minimum absolute atomic E-state index is 0.121. The van der Waals surface area contributed by atoms with Crippen molar-refractivity contribution in [2.24, 2.45) is 5.41 Å². The number of amides is 1. The number of esters is 1. The van der Waals surface area contributed by atoms with Crippen LogP contribution in [0.3, 0.4) is 0 Å². The molecule has 7 nitrogen and oxygen atoms in total. The Balaban J connectivity index is 1.52. The first-order chi connectivity index (χ1) is 15.5. The van der Waals surface area contributed by atoms with Crippen LogP contribution in [-0.2, 0) is 16.0 Å². The van der Waals surface area contributed by atoms with Gasteiger partial charge in [-0.2, -0.15) is 0 Å². The van der Waals surface area contributed by atoms with Crippen molar-refractivity contribution in [3.05, 3.63) is 71.7 Å². The highest BCUT2D eigenvalue weighted by Crippen LogP contribution is 2.38. The molecule has 2 aromatic heterocycles. The van der Waals surface area contributed by atoms with Gasteiger partial charge < -0.3 is 14.2 Å². The average Bonchev–Trinajstić information content (AvgIpc) is 3.28. The Morgan fingerprint density at radius 1 is 1.12 bits per heavy atom. The molecule has 1 fully saturated rings. The number of hydrogen-bond donors (Lipinski definition) is 0. The number of rotatable bonds is 6. The molecule has 0 saturated carbocycles. The molecular weight excluding hydrogens is 406 g/mol. The second-order valence-electron chi connectivity index (χ2n) is 8.18. The second-order valence-corrected chi connectivity index (χ2v) is 8.18. The highest BCUT2D eigenvalue weighted by molar-refractivity contribution is 5.92. The minimum Gasteiger partial charge on any atom is -0.466 e. The molecule has 0 radical (unpaired) electrons. The molecule has 1 saturated heterocycles. The van der Waals surface area contributed by atoms with Crippen LogP contribution in [0.25, 0.3) is 11.3 Å². The number of likely N-dealkylation sites (tertiary alicyclic amines) is 1. The summed E-state index contributed by atoms with van der Waals surface area (Å²) >= 11 is 0. The van der Waals surface area contributed by atoms with Gasteiger partial charge in [-0.15, -0.1) is 0 Å². The number of carbonyl (C=O) groups excluding carboxylic acids is 2.